The van der Waals surface area contributed by atoms with Gasteiger partial charge < -0.3 is 20.5 Å². The van der Waals surface area contributed by atoms with Crippen LogP contribution in [0, 0.1) is 5.92 Å². The Morgan fingerprint density at radius 3 is 2.62 bits per heavy atom. The van der Waals surface area contributed by atoms with Gasteiger partial charge in [0.25, 0.3) is 0 Å². The number of benzene rings is 1. The Labute approximate surface area is 187 Å². The molecule has 1 saturated carbocycles. The summed E-state index contributed by atoms with van der Waals surface area (Å²) in [4.78, 5) is 4.61. The minimum absolute atomic E-state index is 0. The maximum absolute atomic E-state index is 12.6. The van der Waals surface area contributed by atoms with E-state index in [1.54, 1.807) is 12.1 Å². The van der Waals surface area contributed by atoms with Crippen LogP contribution in [0.1, 0.15) is 51.0 Å². The van der Waals surface area contributed by atoms with E-state index in [0.29, 0.717) is 37.0 Å². The number of aliphatic imine (C=N–C) groups is 1. The molecule has 1 fully saturated rings. The highest BCUT2D eigenvalue weighted by Gasteiger charge is 2.42. The maximum Gasteiger partial charge on any atom is 0.573 e. The van der Waals surface area contributed by atoms with Crippen LogP contribution >= 0.6 is 24.0 Å². The molecule has 1 aliphatic carbocycles. The number of nitrogens with one attached hydrogen (secondary N) is 2. The van der Waals surface area contributed by atoms with Gasteiger partial charge in [-0.05, 0) is 43.7 Å². The summed E-state index contributed by atoms with van der Waals surface area (Å²) in [5, 5.41) is 15.7. The second kappa shape index (κ2) is 12.5. The second-order valence-corrected chi connectivity index (χ2v) is 7.07. The molecule has 9 heteroatoms. The van der Waals surface area contributed by atoms with Crippen LogP contribution in [0.5, 0.6) is 5.75 Å². The first-order chi connectivity index (χ1) is 13.4. The lowest BCUT2D eigenvalue weighted by atomic mass is 10.0. The van der Waals surface area contributed by atoms with Gasteiger partial charge in [-0.2, -0.15) is 0 Å². The molecule has 0 heterocycles. The summed E-state index contributed by atoms with van der Waals surface area (Å²) in [6.45, 7) is 5.51. The third kappa shape index (κ3) is 8.98. The van der Waals surface area contributed by atoms with Crippen LogP contribution < -0.4 is 15.4 Å². The van der Waals surface area contributed by atoms with E-state index in [2.05, 4.69) is 27.3 Å². The molecule has 2 rings (SSSR count). The summed E-state index contributed by atoms with van der Waals surface area (Å²) >= 11 is 0. The lowest BCUT2D eigenvalue weighted by molar-refractivity contribution is -0.274. The fourth-order valence-corrected chi connectivity index (χ4v) is 3.34. The molecule has 166 valence electrons. The molecule has 0 amide bonds. The molecule has 0 aliphatic heterocycles. The minimum Gasteiger partial charge on any atom is -0.405 e. The first-order valence-corrected chi connectivity index (χ1v) is 9.88. The van der Waals surface area contributed by atoms with E-state index >= 15 is 0 Å². The van der Waals surface area contributed by atoms with Crippen LogP contribution in [-0.4, -0.2) is 43.2 Å². The van der Waals surface area contributed by atoms with Crippen LogP contribution in [0.2, 0.25) is 0 Å². The van der Waals surface area contributed by atoms with E-state index in [1.807, 2.05) is 6.92 Å². The number of nitrogens with zero attached hydrogens (tertiary/aromatic N) is 1. The smallest absolute Gasteiger partial charge is 0.405 e. The van der Waals surface area contributed by atoms with Crippen LogP contribution in [0.25, 0.3) is 0 Å². The molecule has 0 aromatic heterocycles. The van der Waals surface area contributed by atoms with Crippen molar-refractivity contribution in [1.29, 1.82) is 0 Å². The van der Waals surface area contributed by atoms with Gasteiger partial charge in [0, 0.05) is 31.7 Å². The molecule has 5 nitrogen and oxygen atoms in total. The third-order valence-electron chi connectivity index (χ3n) is 4.74. The number of aliphatic hydroxyl groups is 1. The standard InChI is InChI=1S/C20H30F3N3O2.HI/c1-3-7-14(10-11-27)13-25-19(24-4-2)26-17-12-16(17)15-8-5-6-9-18(15)28-20(21,22)23;/h5-6,8-9,14,16-17,27H,3-4,7,10-13H2,1-2H3,(H2,24,25,26);1H. The van der Waals surface area contributed by atoms with Crippen molar-refractivity contribution in [3.8, 4) is 5.75 Å². The first kappa shape index (κ1) is 25.8. The lowest BCUT2D eigenvalue weighted by Gasteiger charge is -2.16. The molecule has 1 aromatic carbocycles. The minimum atomic E-state index is -4.70. The summed E-state index contributed by atoms with van der Waals surface area (Å²) in [5.74, 6) is 0.785. The van der Waals surface area contributed by atoms with Crippen molar-refractivity contribution in [1.82, 2.24) is 10.6 Å². The van der Waals surface area contributed by atoms with Gasteiger partial charge in [-0.1, -0.05) is 31.5 Å². The molecular formula is C20H31F3IN3O2. The van der Waals surface area contributed by atoms with E-state index in [0.717, 1.165) is 19.3 Å². The van der Waals surface area contributed by atoms with E-state index in [1.165, 1.54) is 12.1 Å². The van der Waals surface area contributed by atoms with E-state index in [-0.39, 0.29) is 48.3 Å². The number of para-hydroxylation sites is 1. The van der Waals surface area contributed by atoms with E-state index < -0.39 is 6.36 Å². The molecule has 3 atom stereocenters. The highest BCUT2D eigenvalue weighted by molar-refractivity contribution is 14.0. The van der Waals surface area contributed by atoms with Crippen LogP contribution in [-0.2, 0) is 0 Å². The Morgan fingerprint density at radius 2 is 2.00 bits per heavy atom. The summed E-state index contributed by atoms with van der Waals surface area (Å²) in [7, 11) is 0. The molecular weight excluding hydrogens is 498 g/mol. The zero-order valence-electron chi connectivity index (χ0n) is 16.8. The second-order valence-electron chi connectivity index (χ2n) is 7.07. The molecule has 0 radical (unpaired) electrons. The number of aliphatic hydroxyl groups excluding tert-OH is 1. The van der Waals surface area contributed by atoms with Crippen LogP contribution in [0.3, 0.4) is 0 Å². The molecule has 3 unspecified atom stereocenters. The molecule has 1 aliphatic rings. The number of hydrogen-bond donors (Lipinski definition) is 3. The van der Waals surface area contributed by atoms with Gasteiger partial charge >= 0.3 is 6.36 Å². The van der Waals surface area contributed by atoms with E-state index in [4.69, 9.17) is 0 Å². The Bertz CT molecular complexity index is 638. The number of guanidine groups is 1. The summed E-state index contributed by atoms with van der Waals surface area (Å²) < 4.78 is 42.1. The number of alkyl halides is 3. The van der Waals surface area contributed by atoms with Crippen LogP contribution in [0.15, 0.2) is 29.3 Å². The van der Waals surface area contributed by atoms with Crippen molar-refractivity contribution in [2.24, 2.45) is 10.9 Å². The zero-order valence-corrected chi connectivity index (χ0v) is 19.2. The molecule has 3 N–H and O–H groups in total. The number of halogens is 4. The maximum atomic E-state index is 12.6. The summed E-state index contributed by atoms with van der Waals surface area (Å²) in [6, 6.07) is 6.30. The van der Waals surface area contributed by atoms with Gasteiger partial charge in [-0.3, -0.25) is 4.99 Å². The lowest BCUT2D eigenvalue weighted by Crippen LogP contribution is -2.39. The Hall–Kier alpha value is -1.23. The normalized spacial score (nSPS) is 19.9. The first-order valence-electron chi connectivity index (χ1n) is 9.88. The summed E-state index contributed by atoms with van der Waals surface area (Å²) in [6.07, 6.45) is -1.24. The van der Waals surface area contributed by atoms with Gasteiger partial charge in [-0.15, -0.1) is 37.1 Å². The van der Waals surface area contributed by atoms with Gasteiger partial charge in [0.15, 0.2) is 5.96 Å². The Kier molecular flexibility index (Phi) is 11.1. The molecule has 29 heavy (non-hydrogen) atoms. The van der Waals surface area contributed by atoms with Gasteiger partial charge in [0.1, 0.15) is 5.75 Å². The SMILES string of the molecule is CCCC(CCO)CN=C(NCC)NC1CC1c1ccccc1OC(F)(F)F.I. The van der Waals surface area contributed by atoms with Crippen molar-refractivity contribution in [3.63, 3.8) is 0 Å². The van der Waals surface area contributed by atoms with Gasteiger partial charge in [0.05, 0.1) is 0 Å². The van der Waals surface area contributed by atoms with Gasteiger partial charge in [0.2, 0.25) is 0 Å². The van der Waals surface area contributed by atoms with Crippen molar-refractivity contribution in [3.05, 3.63) is 29.8 Å². The number of hydrogen-bond acceptors (Lipinski definition) is 3. The predicted molar refractivity (Wildman–Crippen MR) is 119 cm³/mol. The average Bonchev–Trinajstić information content (AvgIpc) is 3.38. The Balaban J connectivity index is 0.00000420. The number of rotatable bonds is 10. The molecule has 1 aromatic rings. The van der Waals surface area contributed by atoms with Crippen molar-refractivity contribution in [2.75, 3.05) is 19.7 Å². The largest absolute Gasteiger partial charge is 0.573 e. The highest BCUT2D eigenvalue weighted by Crippen LogP contribution is 2.45. The monoisotopic (exact) mass is 529 g/mol. The molecule has 0 saturated heterocycles. The van der Waals surface area contributed by atoms with Crippen LogP contribution in [0.4, 0.5) is 13.2 Å². The van der Waals surface area contributed by atoms with Crippen molar-refractivity contribution in [2.45, 2.75) is 57.9 Å². The van der Waals surface area contributed by atoms with Gasteiger partial charge in [-0.25, -0.2) is 0 Å². The number of ether oxygens (including phenoxy) is 1. The quantitative estimate of drug-likeness (QED) is 0.239. The Morgan fingerprint density at radius 1 is 1.28 bits per heavy atom. The summed E-state index contributed by atoms with van der Waals surface area (Å²) in [5.41, 5.74) is 0.553. The van der Waals surface area contributed by atoms with Crippen molar-refractivity contribution >= 4 is 29.9 Å². The topological polar surface area (TPSA) is 65.9 Å². The third-order valence-corrected chi connectivity index (χ3v) is 4.74. The average molecular weight is 529 g/mol. The fraction of sp³-hybridized carbons (Fsp3) is 0.650. The highest BCUT2D eigenvalue weighted by atomic mass is 127. The van der Waals surface area contributed by atoms with E-state index in [9.17, 15) is 18.3 Å². The predicted octanol–water partition coefficient (Wildman–Crippen LogP) is 4.41. The zero-order chi connectivity index (χ0) is 20.6. The van der Waals surface area contributed by atoms with Crippen molar-refractivity contribution < 1.29 is 23.0 Å². The fourth-order valence-electron chi connectivity index (χ4n) is 3.34. The molecule has 0 spiro atoms. The molecule has 0 bridgehead atoms.